The molecule has 108 valence electrons. The number of fused-ring (bicyclic) bond motifs is 1. The van der Waals surface area contributed by atoms with Gasteiger partial charge in [0.15, 0.2) is 0 Å². The molecule has 0 spiro atoms. The maximum Gasteiger partial charge on any atom is 0.224 e. The summed E-state index contributed by atoms with van der Waals surface area (Å²) in [6, 6.07) is 14.3. The third kappa shape index (κ3) is 2.96. The van der Waals surface area contributed by atoms with Gasteiger partial charge in [0.2, 0.25) is 5.91 Å². The van der Waals surface area contributed by atoms with Crippen LogP contribution in [-0.4, -0.2) is 5.91 Å². The number of carbonyl (C=O) groups excluding carboxylic acids is 1. The van der Waals surface area contributed by atoms with Crippen LogP contribution in [0.3, 0.4) is 0 Å². The lowest BCUT2D eigenvalue weighted by atomic mass is 9.97. The molecular weight excluding hydrogens is 282 g/mol. The van der Waals surface area contributed by atoms with Gasteiger partial charge in [-0.15, -0.1) is 11.6 Å². The monoisotopic (exact) mass is 299 g/mol. The Balaban J connectivity index is 1.95. The summed E-state index contributed by atoms with van der Waals surface area (Å²) in [6.45, 7) is 2.08. The average Bonchev–Trinajstić information content (AvgIpc) is 2.67. The van der Waals surface area contributed by atoms with Crippen molar-refractivity contribution in [1.29, 1.82) is 0 Å². The van der Waals surface area contributed by atoms with E-state index in [0.717, 1.165) is 29.7 Å². The Kier molecular flexibility index (Phi) is 3.98. The molecule has 1 unspecified atom stereocenters. The lowest BCUT2D eigenvalue weighted by Gasteiger charge is -2.15. The van der Waals surface area contributed by atoms with Gasteiger partial charge >= 0.3 is 0 Å². The maximum absolute atomic E-state index is 11.6. The highest BCUT2D eigenvalue weighted by Crippen LogP contribution is 2.34. The number of rotatable bonds is 2. The quantitative estimate of drug-likeness (QED) is 0.807. The summed E-state index contributed by atoms with van der Waals surface area (Å²) in [6.07, 6.45) is 2.39. The number of hydrogen-bond donors (Lipinski definition) is 1. The van der Waals surface area contributed by atoms with Gasteiger partial charge in [-0.2, -0.15) is 0 Å². The number of halogens is 1. The van der Waals surface area contributed by atoms with Gasteiger partial charge < -0.3 is 5.32 Å². The number of anilines is 1. The van der Waals surface area contributed by atoms with Crippen molar-refractivity contribution in [1.82, 2.24) is 0 Å². The third-order valence-electron chi connectivity index (χ3n) is 4.01. The topological polar surface area (TPSA) is 29.1 Å². The lowest BCUT2D eigenvalue weighted by Crippen LogP contribution is -2.09. The Morgan fingerprint density at radius 2 is 1.95 bits per heavy atom. The number of nitrogens with one attached hydrogen (secondary N) is 1. The van der Waals surface area contributed by atoms with Crippen molar-refractivity contribution in [3.05, 3.63) is 64.7 Å². The van der Waals surface area contributed by atoms with Crippen molar-refractivity contribution >= 4 is 23.2 Å². The molecule has 1 amide bonds. The van der Waals surface area contributed by atoms with Crippen LogP contribution in [0.1, 0.15) is 40.5 Å². The molecule has 1 N–H and O–H groups in total. The van der Waals surface area contributed by atoms with Crippen LogP contribution in [0.5, 0.6) is 0 Å². The Labute approximate surface area is 130 Å². The third-order valence-corrected chi connectivity index (χ3v) is 4.49. The lowest BCUT2D eigenvalue weighted by molar-refractivity contribution is -0.116. The van der Waals surface area contributed by atoms with E-state index in [9.17, 15) is 4.79 Å². The summed E-state index contributed by atoms with van der Waals surface area (Å²) in [5.41, 5.74) is 5.52. The van der Waals surface area contributed by atoms with E-state index < -0.39 is 0 Å². The summed E-state index contributed by atoms with van der Waals surface area (Å²) in [4.78, 5) is 11.6. The van der Waals surface area contributed by atoms with Crippen molar-refractivity contribution in [2.45, 2.75) is 31.6 Å². The molecule has 2 aromatic carbocycles. The van der Waals surface area contributed by atoms with Gasteiger partial charge in [0.25, 0.3) is 0 Å². The highest BCUT2D eigenvalue weighted by atomic mass is 35.5. The van der Waals surface area contributed by atoms with Crippen LogP contribution in [0.4, 0.5) is 5.69 Å². The number of benzene rings is 2. The molecule has 0 fully saturated rings. The minimum absolute atomic E-state index is 0.0998. The molecule has 3 heteroatoms. The zero-order valence-electron chi connectivity index (χ0n) is 12.0. The van der Waals surface area contributed by atoms with Crippen LogP contribution in [0.2, 0.25) is 0 Å². The fourth-order valence-electron chi connectivity index (χ4n) is 2.80. The summed E-state index contributed by atoms with van der Waals surface area (Å²) in [5, 5.41) is 2.80. The molecule has 0 aliphatic carbocycles. The molecule has 1 heterocycles. The Morgan fingerprint density at radius 3 is 2.76 bits per heavy atom. The van der Waals surface area contributed by atoms with Gasteiger partial charge in [-0.25, -0.2) is 0 Å². The first-order valence-electron chi connectivity index (χ1n) is 7.27. The minimum Gasteiger partial charge on any atom is -0.326 e. The average molecular weight is 300 g/mol. The summed E-state index contributed by atoms with van der Waals surface area (Å²) in [5.74, 6) is 0.0998. The molecule has 1 aliphatic heterocycles. The first-order chi connectivity index (χ1) is 10.1. The highest BCUT2D eigenvalue weighted by molar-refractivity contribution is 6.22. The van der Waals surface area contributed by atoms with Crippen molar-refractivity contribution < 1.29 is 4.79 Å². The Hall–Kier alpha value is -1.80. The van der Waals surface area contributed by atoms with Crippen LogP contribution in [0.25, 0.3) is 0 Å². The minimum atomic E-state index is -0.157. The van der Waals surface area contributed by atoms with Gasteiger partial charge in [-0.3, -0.25) is 4.79 Å². The second-order valence-corrected chi connectivity index (χ2v) is 5.97. The Bertz CT molecular complexity index is 681. The fourth-order valence-corrected chi connectivity index (χ4v) is 3.18. The second kappa shape index (κ2) is 5.90. The van der Waals surface area contributed by atoms with E-state index >= 15 is 0 Å². The molecular formula is C18H18ClNO. The van der Waals surface area contributed by atoms with Crippen LogP contribution < -0.4 is 5.32 Å². The van der Waals surface area contributed by atoms with E-state index in [1.165, 1.54) is 11.1 Å². The van der Waals surface area contributed by atoms with Crippen LogP contribution in [0, 0.1) is 6.92 Å². The molecule has 2 nitrogen and oxygen atoms in total. The van der Waals surface area contributed by atoms with Gasteiger partial charge in [0, 0.05) is 12.1 Å². The molecule has 1 aliphatic rings. The van der Waals surface area contributed by atoms with E-state index in [-0.39, 0.29) is 11.3 Å². The first-order valence-corrected chi connectivity index (χ1v) is 7.71. The zero-order valence-corrected chi connectivity index (χ0v) is 12.8. The SMILES string of the molecule is Cc1ccccc1C(Cl)c1ccc2c(c1)CCCC(=O)N2. The van der Waals surface area contributed by atoms with Crippen molar-refractivity contribution in [2.75, 3.05) is 5.32 Å². The number of hydrogen-bond acceptors (Lipinski definition) is 1. The summed E-state index contributed by atoms with van der Waals surface area (Å²) >= 11 is 6.66. The predicted molar refractivity (Wildman–Crippen MR) is 86.9 cm³/mol. The van der Waals surface area contributed by atoms with Gasteiger partial charge in [0.05, 0.1) is 5.38 Å². The smallest absolute Gasteiger partial charge is 0.224 e. The molecule has 21 heavy (non-hydrogen) atoms. The largest absolute Gasteiger partial charge is 0.326 e. The van der Waals surface area contributed by atoms with Crippen molar-refractivity contribution in [3.8, 4) is 0 Å². The van der Waals surface area contributed by atoms with Crippen LogP contribution in [-0.2, 0) is 11.2 Å². The maximum atomic E-state index is 11.6. The molecule has 3 rings (SSSR count). The second-order valence-electron chi connectivity index (χ2n) is 5.54. The van der Waals surface area contributed by atoms with E-state index in [1.807, 2.05) is 24.3 Å². The number of aryl methyl sites for hydroxylation is 2. The molecule has 0 bridgehead atoms. The number of alkyl halides is 1. The molecule has 2 aromatic rings. The van der Waals surface area contributed by atoms with E-state index in [4.69, 9.17) is 11.6 Å². The van der Waals surface area contributed by atoms with E-state index in [2.05, 4.69) is 30.4 Å². The van der Waals surface area contributed by atoms with Crippen LogP contribution >= 0.6 is 11.6 Å². The number of amides is 1. The molecule has 0 saturated heterocycles. The molecule has 0 saturated carbocycles. The van der Waals surface area contributed by atoms with E-state index in [1.54, 1.807) is 0 Å². The zero-order chi connectivity index (χ0) is 14.8. The molecule has 0 radical (unpaired) electrons. The van der Waals surface area contributed by atoms with E-state index in [0.29, 0.717) is 6.42 Å². The summed E-state index contributed by atoms with van der Waals surface area (Å²) < 4.78 is 0. The molecule has 0 aromatic heterocycles. The molecule has 1 atom stereocenters. The summed E-state index contributed by atoms with van der Waals surface area (Å²) in [7, 11) is 0. The first kappa shape index (κ1) is 14.2. The van der Waals surface area contributed by atoms with Gasteiger partial charge in [0.1, 0.15) is 0 Å². The normalized spacial score (nSPS) is 15.8. The van der Waals surface area contributed by atoms with Crippen LogP contribution in [0.15, 0.2) is 42.5 Å². The van der Waals surface area contributed by atoms with Crippen molar-refractivity contribution in [3.63, 3.8) is 0 Å². The Morgan fingerprint density at radius 1 is 1.14 bits per heavy atom. The highest BCUT2D eigenvalue weighted by Gasteiger charge is 2.17. The fraction of sp³-hybridized carbons (Fsp3) is 0.278. The predicted octanol–water partition coefficient (Wildman–Crippen LogP) is 4.60. The number of carbonyl (C=O) groups is 1. The standard InChI is InChI=1S/C18H18ClNO/c1-12-5-2-3-7-15(12)18(19)14-9-10-16-13(11-14)6-4-8-17(21)20-16/h2-3,5,7,9-11,18H,4,6,8H2,1H3,(H,20,21). The van der Waals surface area contributed by atoms with Crippen molar-refractivity contribution in [2.24, 2.45) is 0 Å². The van der Waals surface area contributed by atoms with Gasteiger partial charge in [-0.05, 0) is 48.1 Å². The van der Waals surface area contributed by atoms with Gasteiger partial charge in [-0.1, -0.05) is 36.4 Å².